The van der Waals surface area contributed by atoms with E-state index in [0.717, 1.165) is 14.5 Å². The van der Waals surface area contributed by atoms with E-state index < -0.39 is 12.0 Å². The lowest BCUT2D eigenvalue weighted by molar-refractivity contribution is -0.129. The van der Waals surface area contributed by atoms with Crippen LogP contribution in [0.1, 0.15) is 17.2 Å². The Labute approximate surface area is 139 Å². The Kier molecular flexibility index (Phi) is 5.67. The van der Waals surface area contributed by atoms with Crippen LogP contribution in [0.4, 0.5) is 0 Å². The predicted octanol–water partition coefficient (Wildman–Crippen LogP) is 3.40. The van der Waals surface area contributed by atoms with E-state index in [4.69, 9.17) is 0 Å². The van der Waals surface area contributed by atoms with Crippen LogP contribution in [0.2, 0.25) is 0 Å². The van der Waals surface area contributed by atoms with Crippen molar-refractivity contribution in [2.45, 2.75) is 6.10 Å². The standard InChI is InChI=1S/C15H12Br2N2O2/c16-12-6-4-11(5-7-12)14(20)15(21)19-18-9-10-2-1-3-13(17)8-10/h1-9,14,20H,(H,19,21)/b18-9-/t14-/m0/s1. The zero-order valence-corrected chi connectivity index (χ0v) is 14.0. The molecule has 0 aliphatic rings. The van der Waals surface area contributed by atoms with Gasteiger partial charge in [-0.2, -0.15) is 5.10 Å². The lowest BCUT2D eigenvalue weighted by Gasteiger charge is -2.08. The molecule has 0 bridgehead atoms. The number of benzene rings is 2. The number of nitrogens with one attached hydrogen (secondary N) is 1. The number of aliphatic hydroxyl groups is 1. The molecule has 0 heterocycles. The van der Waals surface area contributed by atoms with Crippen LogP contribution in [0.25, 0.3) is 0 Å². The minimum absolute atomic E-state index is 0.508. The predicted molar refractivity (Wildman–Crippen MR) is 89.0 cm³/mol. The molecule has 1 atom stereocenters. The van der Waals surface area contributed by atoms with Gasteiger partial charge >= 0.3 is 0 Å². The molecule has 0 aromatic heterocycles. The molecule has 1 amide bonds. The van der Waals surface area contributed by atoms with Crippen molar-refractivity contribution in [1.29, 1.82) is 0 Å². The summed E-state index contributed by atoms with van der Waals surface area (Å²) in [4.78, 5) is 11.8. The minimum Gasteiger partial charge on any atom is -0.378 e. The summed E-state index contributed by atoms with van der Waals surface area (Å²) in [6.07, 6.45) is 0.259. The maximum absolute atomic E-state index is 11.8. The van der Waals surface area contributed by atoms with Crippen LogP contribution in [-0.4, -0.2) is 17.2 Å². The zero-order chi connectivity index (χ0) is 15.2. The SMILES string of the molecule is O=C(N/N=C\c1cccc(Br)c1)[C@@H](O)c1ccc(Br)cc1. The molecular formula is C15H12Br2N2O2. The van der Waals surface area contributed by atoms with Crippen LogP contribution in [-0.2, 0) is 4.79 Å². The van der Waals surface area contributed by atoms with Crippen molar-refractivity contribution in [1.82, 2.24) is 5.43 Å². The summed E-state index contributed by atoms with van der Waals surface area (Å²) in [6.45, 7) is 0. The van der Waals surface area contributed by atoms with E-state index in [2.05, 4.69) is 42.4 Å². The molecule has 2 N–H and O–H groups in total. The fraction of sp³-hybridized carbons (Fsp3) is 0.0667. The first-order valence-corrected chi connectivity index (χ1v) is 7.67. The van der Waals surface area contributed by atoms with Crippen molar-refractivity contribution in [3.05, 3.63) is 68.6 Å². The van der Waals surface area contributed by atoms with E-state index in [9.17, 15) is 9.90 Å². The summed E-state index contributed by atoms with van der Waals surface area (Å²) in [5.41, 5.74) is 3.66. The third-order valence-electron chi connectivity index (χ3n) is 2.67. The molecule has 0 radical (unpaired) electrons. The van der Waals surface area contributed by atoms with Gasteiger partial charge in [-0.3, -0.25) is 4.79 Å². The first-order valence-electron chi connectivity index (χ1n) is 6.08. The molecule has 0 aliphatic heterocycles. The van der Waals surface area contributed by atoms with Gasteiger partial charge in [0.2, 0.25) is 0 Å². The first-order chi connectivity index (χ1) is 10.1. The summed E-state index contributed by atoms with van der Waals surface area (Å²) in [5, 5.41) is 13.7. The molecular weight excluding hydrogens is 400 g/mol. The van der Waals surface area contributed by atoms with Gasteiger partial charge in [-0.15, -0.1) is 0 Å². The smallest absolute Gasteiger partial charge is 0.273 e. The summed E-state index contributed by atoms with van der Waals surface area (Å²) in [5.74, 6) is -0.580. The number of hydrazone groups is 1. The molecule has 0 saturated heterocycles. The molecule has 108 valence electrons. The van der Waals surface area contributed by atoms with Crippen molar-refractivity contribution in [2.24, 2.45) is 5.10 Å². The highest BCUT2D eigenvalue weighted by molar-refractivity contribution is 9.10. The Morgan fingerprint density at radius 2 is 1.86 bits per heavy atom. The highest BCUT2D eigenvalue weighted by Gasteiger charge is 2.16. The number of carbonyl (C=O) groups excluding carboxylic acids is 1. The average molecular weight is 412 g/mol. The van der Waals surface area contributed by atoms with E-state index in [1.165, 1.54) is 6.21 Å². The topological polar surface area (TPSA) is 61.7 Å². The van der Waals surface area contributed by atoms with Crippen LogP contribution in [0.15, 0.2) is 62.6 Å². The Morgan fingerprint density at radius 3 is 2.52 bits per heavy atom. The fourth-order valence-electron chi connectivity index (χ4n) is 1.61. The van der Waals surface area contributed by atoms with Crippen molar-refractivity contribution in [3.8, 4) is 0 Å². The molecule has 2 rings (SSSR count). The maximum atomic E-state index is 11.8. The van der Waals surface area contributed by atoms with Crippen molar-refractivity contribution >= 4 is 44.0 Å². The molecule has 0 spiro atoms. The Balaban J connectivity index is 1.96. The molecule has 2 aromatic carbocycles. The third kappa shape index (κ3) is 4.77. The van der Waals surface area contributed by atoms with E-state index in [0.29, 0.717) is 5.56 Å². The second-order valence-electron chi connectivity index (χ2n) is 4.24. The highest BCUT2D eigenvalue weighted by atomic mass is 79.9. The summed E-state index contributed by atoms with van der Waals surface area (Å²) in [7, 11) is 0. The van der Waals surface area contributed by atoms with Gasteiger partial charge in [0.05, 0.1) is 6.21 Å². The zero-order valence-electron chi connectivity index (χ0n) is 10.8. The molecule has 21 heavy (non-hydrogen) atoms. The molecule has 4 nitrogen and oxygen atoms in total. The number of hydrogen-bond acceptors (Lipinski definition) is 3. The van der Waals surface area contributed by atoms with E-state index in [1.807, 2.05) is 24.3 Å². The van der Waals surface area contributed by atoms with Crippen LogP contribution in [0.3, 0.4) is 0 Å². The van der Waals surface area contributed by atoms with Crippen LogP contribution in [0.5, 0.6) is 0 Å². The van der Waals surface area contributed by atoms with Crippen LogP contribution < -0.4 is 5.43 Å². The van der Waals surface area contributed by atoms with Crippen molar-refractivity contribution in [2.75, 3.05) is 0 Å². The number of amides is 1. The number of hydrogen-bond donors (Lipinski definition) is 2. The van der Waals surface area contributed by atoms with Gasteiger partial charge < -0.3 is 5.11 Å². The lowest BCUT2D eigenvalue weighted by atomic mass is 10.1. The minimum atomic E-state index is -1.25. The second-order valence-corrected chi connectivity index (χ2v) is 6.07. The van der Waals surface area contributed by atoms with E-state index in [-0.39, 0.29) is 0 Å². The normalized spacial score (nSPS) is 12.3. The highest BCUT2D eigenvalue weighted by Crippen LogP contribution is 2.17. The van der Waals surface area contributed by atoms with E-state index >= 15 is 0 Å². The summed E-state index contributed by atoms with van der Waals surface area (Å²) >= 11 is 6.65. The largest absolute Gasteiger partial charge is 0.378 e. The molecule has 0 fully saturated rings. The van der Waals surface area contributed by atoms with Gasteiger partial charge in [-0.05, 0) is 35.4 Å². The summed E-state index contributed by atoms with van der Waals surface area (Å²) < 4.78 is 1.80. The average Bonchev–Trinajstić information content (AvgIpc) is 2.47. The monoisotopic (exact) mass is 410 g/mol. The van der Waals surface area contributed by atoms with Gasteiger partial charge in [0.1, 0.15) is 0 Å². The van der Waals surface area contributed by atoms with Crippen molar-refractivity contribution in [3.63, 3.8) is 0 Å². The van der Waals surface area contributed by atoms with Crippen LogP contribution in [0, 0.1) is 0 Å². The summed E-state index contributed by atoms with van der Waals surface area (Å²) in [6, 6.07) is 14.3. The van der Waals surface area contributed by atoms with Gasteiger partial charge in [-0.1, -0.05) is 56.1 Å². The number of carbonyl (C=O) groups is 1. The van der Waals surface area contributed by atoms with Gasteiger partial charge in [0.25, 0.3) is 5.91 Å². The Morgan fingerprint density at radius 1 is 1.14 bits per heavy atom. The van der Waals surface area contributed by atoms with E-state index in [1.54, 1.807) is 24.3 Å². The van der Waals surface area contributed by atoms with Gasteiger partial charge in [-0.25, -0.2) is 5.43 Å². The molecule has 0 aliphatic carbocycles. The van der Waals surface area contributed by atoms with Crippen LogP contribution >= 0.6 is 31.9 Å². The molecule has 6 heteroatoms. The quantitative estimate of drug-likeness (QED) is 0.598. The molecule has 2 aromatic rings. The number of rotatable bonds is 4. The fourth-order valence-corrected chi connectivity index (χ4v) is 2.30. The maximum Gasteiger partial charge on any atom is 0.273 e. The van der Waals surface area contributed by atoms with Crippen molar-refractivity contribution < 1.29 is 9.90 Å². The Bertz CT molecular complexity index is 657. The Hall–Kier alpha value is -1.50. The molecule has 0 saturated carbocycles. The van der Waals surface area contributed by atoms with Gasteiger partial charge in [0.15, 0.2) is 6.10 Å². The number of aliphatic hydroxyl groups excluding tert-OH is 1. The first kappa shape index (κ1) is 15.9. The third-order valence-corrected chi connectivity index (χ3v) is 3.69. The second kappa shape index (κ2) is 7.49. The lowest BCUT2D eigenvalue weighted by Crippen LogP contribution is -2.25. The van der Waals surface area contributed by atoms with Gasteiger partial charge in [0, 0.05) is 8.95 Å². The number of nitrogens with zero attached hydrogens (tertiary/aromatic N) is 1. The molecule has 0 unspecified atom stereocenters. The number of halogens is 2.